The minimum atomic E-state index is -0.924. The molecule has 6 heteroatoms. The molecule has 2 amide bonds. The van der Waals surface area contributed by atoms with Crippen LogP contribution in [0.25, 0.3) is 0 Å². The highest BCUT2D eigenvalue weighted by Crippen LogP contribution is 2.33. The third-order valence-electron chi connectivity index (χ3n) is 2.82. The number of rotatable bonds is 4. The Morgan fingerprint density at radius 2 is 1.90 bits per heavy atom. The van der Waals surface area contributed by atoms with Gasteiger partial charge in [0.05, 0.1) is 12.3 Å². The van der Waals surface area contributed by atoms with Crippen molar-refractivity contribution in [3.05, 3.63) is 35.6 Å². The van der Waals surface area contributed by atoms with E-state index in [1.54, 1.807) is 25.1 Å². The third-order valence-corrected chi connectivity index (χ3v) is 2.82. The van der Waals surface area contributed by atoms with E-state index in [-0.39, 0.29) is 5.69 Å². The van der Waals surface area contributed by atoms with Gasteiger partial charge in [-0.05, 0) is 26.0 Å². The lowest BCUT2D eigenvalue weighted by molar-refractivity contribution is -0.122. The first-order valence-corrected chi connectivity index (χ1v) is 6.03. The van der Waals surface area contributed by atoms with E-state index in [1.165, 1.54) is 6.07 Å². The van der Waals surface area contributed by atoms with Gasteiger partial charge in [0.1, 0.15) is 11.3 Å². The summed E-state index contributed by atoms with van der Waals surface area (Å²) in [4.78, 5) is 36.2. The molecule has 0 saturated carbocycles. The molecule has 0 fully saturated rings. The van der Waals surface area contributed by atoms with E-state index in [1.807, 2.05) is 0 Å². The lowest BCUT2D eigenvalue weighted by Crippen LogP contribution is -2.32. The zero-order chi connectivity index (χ0) is 14.9. The smallest absolute Gasteiger partial charge is 0.301 e. The Morgan fingerprint density at radius 3 is 2.45 bits per heavy atom. The zero-order valence-corrected chi connectivity index (χ0v) is 11.0. The predicted molar refractivity (Wildman–Crippen MR) is 70.4 cm³/mol. The van der Waals surface area contributed by atoms with E-state index < -0.39 is 28.9 Å². The number of hydrogen-bond acceptors (Lipinski definition) is 5. The second-order valence-electron chi connectivity index (χ2n) is 4.13. The third kappa shape index (κ3) is 2.05. The van der Waals surface area contributed by atoms with Gasteiger partial charge < -0.3 is 9.84 Å². The molecule has 2 rings (SSSR count). The number of ketones is 1. The molecular formula is C14H13NO5. The van der Waals surface area contributed by atoms with Crippen LogP contribution in [0.1, 0.15) is 13.8 Å². The number of amides is 2. The van der Waals surface area contributed by atoms with Crippen LogP contribution in [0.3, 0.4) is 0 Å². The SMILES string of the molecule is CCOc1ccccc1N1C(=O)C(O)=C(C(C)=O)C1=O. The summed E-state index contributed by atoms with van der Waals surface area (Å²) in [7, 11) is 0. The molecule has 6 nitrogen and oxygen atoms in total. The fourth-order valence-electron chi connectivity index (χ4n) is 1.97. The highest BCUT2D eigenvalue weighted by atomic mass is 16.5. The van der Waals surface area contributed by atoms with Gasteiger partial charge in [0.15, 0.2) is 11.5 Å². The van der Waals surface area contributed by atoms with Crippen LogP contribution in [0.4, 0.5) is 5.69 Å². The number of Topliss-reactive ketones (excluding diaryl/α,β-unsaturated/α-hetero) is 1. The number of imide groups is 1. The highest BCUT2D eigenvalue weighted by molar-refractivity contribution is 6.40. The number of para-hydroxylation sites is 2. The van der Waals surface area contributed by atoms with Crippen LogP contribution in [0.2, 0.25) is 0 Å². The van der Waals surface area contributed by atoms with Gasteiger partial charge in [-0.15, -0.1) is 0 Å². The van der Waals surface area contributed by atoms with Crippen LogP contribution < -0.4 is 9.64 Å². The van der Waals surface area contributed by atoms with Gasteiger partial charge in [0, 0.05) is 0 Å². The second kappa shape index (κ2) is 5.16. The van der Waals surface area contributed by atoms with Gasteiger partial charge in [-0.1, -0.05) is 12.1 Å². The molecule has 1 heterocycles. The van der Waals surface area contributed by atoms with Gasteiger partial charge in [-0.3, -0.25) is 14.4 Å². The molecule has 0 aliphatic carbocycles. The maximum atomic E-state index is 12.1. The zero-order valence-electron chi connectivity index (χ0n) is 11.0. The van der Waals surface area contributed by atoms with Crippen LogP contribution in [-0.4, -0.2) is 29.3 Å². The fraction of sp³-hybridized carbons (Fsp3) is 0.214. The predicted octanol–water partition coefficient (Wildman–Crippen LogP) is 1.36. The average molecular weight is 275 g/mol. The summed E-state index contributed by atoms with van der Waals surface area (Å²) in [6.07, 6.45) is 0. The Morgan fingerprint density at radius 1 is 1.25 bits per heavy atom. The molecule has 0 aromatic heterocycles. The summed E-state index contributed by atoms with van der Waals surface area (Å²) in [5.74, 6) is -2.92. The summed E-state index contributed by atoms with van der Waals surface area (Å²) >= 11 is 0. The lowest BCUT2D eigenvalue weighted by atomic mass is 10.2. The molecule has 104 valence electrons. The summed E-state index contributed by atoms with van der Waals surface area (Å²) in [6, 6.07) is 6.43. The maximum Gasteiger partial charge on any atom is 0.301 e. The number of nitrogens with zero attached hydrogens (tertiary/aromatic N) is 1. The highest BCUT2D eigenvalue weighted by Gasteiger charge is 2.42. The van der Waals surface area contributed by atoms with Crippen LogP contribution in [0, 0.1) is 0 Å². The number of anilines is 1. The van der Waals surface area contributed by atoms with Crippen molar-refractivity contribution in [2.24, 2.45) is 0 Å². The molecule has 0 spiro atoms. The molecule has 1 aliphatic heterocycles. The van der Waals surface area contributed by atoms with Crippen LogP contribution >= 0.6 is 0 Å². The molecule has 1 N–H and O–H groups in total. The van der Waals surface area contributed by atoms with Gasteiger partial charge >= 0.3 is 5.91 Å². The number of ether oxygens (including phenoxy) is 1. The van der Waals surface area contributed by atoms with Gasteiger partial charge in [0.2, 0.25) is 0 Å². The molecule has 0 bridgehead atoms. The lowest BCUT2D eigenvalue weighted by Gasteiger charge is -2.17. The van der Waals surface area contributed by atoms with Crippen LogP contribution in [-0.2, 0) is 14.4 Å². The molecule has 0 atom stereocenters. The van der Waals surface area contributed by atoms with E-state index in [9.17, 15) is 19.5 Å². The van der Waals surface area contributed by atoms with Gasteiger partial charge in [-0.2, -0.15) is 0 Å². The van der Waals surface area contributed by atoms with Gasteiger partial charge in [-0.25, -0.2) is 4.90 Å². The van der Waals surface area contributed by atoms with Crippen molar-refractivity contribution in [3.8, 4) is 5.75 Å². The van der Waals surface area contributed by atoms with E-state index in [2.05, 4.69) is 0 Å². The summed E-state index contributed by atoms with van der Waals surface area (Å²) in [5.41, 5.74) is -0.298. The molecule has 0 radical (unpaired) electrons. The van der Waals surface area contributed by atoms with E-state index in [0.29, 0.717) is 12.4 Å². The van der Waals surface area contributed by atoms with Crippen molar-refractivity contribution in [2.75, 3.05) is 11.5 Å². The van der Waals surface area contributed by atoms with Crippen molar-refractivity contribution < 1.29 is 24.2 Å². The maximum absolute atomic E-state index is 12.1. The summed E-state index contributed by atoms with van der Waals surface area (Å²) < 4.78 is 5.35. The number of benzene rings is 1. The summed E-state index contributed by atoms with van der Waals surface area (Å²) in [5, 5.41) is 9.66. The van der Waals surface area contributed by atoms with Crippen LogP contribution in [0.15, 0.2) is 35.6 Å². The normalized spacial score (nSPS) is 15.0. The molecule has 20 heavy (non-hydrogen) atoms. The Hall–Kier alpha value is -2.63. The van der Waals surface area contributed by atoms with E-state index in [0.717, 1.165) is 11.8 Å². The van der Waals surface area contributed by atoms with Crippen molar-refractivity contribution in [1.29, 1.82) is 0 Å². The molecule has 0 saturated heterocycles. The monoisotopic (exact) mass is 275 g/mol. The van der Waals surface area contributed by atoms with Crippen LogP contribution in [0.5, 0.6) is 5.75 Å². The average Bonchev–Trinajstić information content (AvgIpc) is 2.62. The number of hydrogen-bond donors (Lipinski definition) is 1. The Bertz CT molecular complexity index is 632. The fourth-order valence-corrected chi connectivity index (χ4v) is 1.97. The van der Waals surface area contributed by atoms with E-state index >= 15 is 0 Å². The first-order valence-electron chi connectivity index (χ1n) is 6.03. The molecule has 1 aliphatic rings. The van der Waals surface area contributed by atoms with Crippen molar-refractivity contribution >= 4 is 23.3 Å². The summed E-state index contributed by atoms with van der Waals surface area (Å²) in [6.45, 7) is 3.24. The molecule has 1 aromatic rings. The standard InChI is InChI=1S/C14H13NO5/c1-3-20-10-7-5-4-6-9(10)15-13(18)11(8(2)16)12(17)14(15)19/h4-7,17H,3H2,1-2H3. The first kappa shape index (κ1) is 13.8. The molecule has 1 aromatic carbocycles. The second-order valence-corrected chi connectivity index (χ2v) is 4.13. The Labute approximate surface area is 115 Å². The van der Waals surface area contributed by atoms with Crippen molar-refractivity contribution in [3.63, 3.8) is 0 Å². The number of aliphatic hydroxyl groups is 1. The number of aliphatic hydroxyl groups excluding tert-OH is 1. The van der Waals surface area contributed by atoms with Crippen molar-refractivity contribution in [1.82, 2.24) is 0 Å². The van der Waals surface area contributed by atoms with E-state index in [4.69, 9.17) is 4.74 Å². The van der Waals surface area contributed by atoms with Gasteiger partial charge in [0.25, 0.3) is 5.91 Å². The Balaban J connectivity index is 2.49. The number of carbonyl (C=O) groups excluding carboxylic acids is 3. The Kier molecular flexibility index (Phi) is 3.56. The minimum absolute atomic E-state index is 0.201. The van der Waals surface area contributed by atoms with Crippen molar-refractivity contribution in [2.45, 2.75) is 13.8 Å². The topological polar surface area (TPSA) is 83.9 Å². The molecule has 0 unspecified atom stereocenters. The largest absolute Gasteiger partial charge is 0.502 e. The number of carbonyl (C=O) groups is 3. The molecular weight excluding hydrogens is 262 g/mol. The minimum Gasteiger partial charge on any atom is -0.502 e. The first-order chi connectivity index (χ1) is 9.49. The quantitative estimate of drug-likeness (QED) is 0.662.